The molecule has 0 saturated carbocycles. The van der Waals surface area contributed by atoms with E-state index in [9.17, 15) is 0 Å². The zero-order chi connectivity index (χ0) is 40.0. The first-order valence-corrected chi connectivity index (χ1v) is 18.2. The molecule has 55 heavy (non-hydrogen) atoms. The lowest BCUT2D eigenvalue weighted by Crippen LogP contribution is -2.00. The van der Waals surface area contributed by atoms with Crippen molar-refractivity contribution in [3.05, 3.63) is 206 Å². The molecule has 4 heteroatoms. The summed E-state index contributed by atoms with van der Waals surface area (Å²) in [4.78, 5) is 14.8. The van der Waals surface area contributed by atoms with Gasteiger partial charge in [-0.25, -0.2) is 15.0 Å². The summed E-state index contributed by atoms with van der Waals surface area (Å²) in [5, 5.41) is 1.22. The zero-order valence-corrected chi connectivity index (χ0v) is 29.6. The molecule has 0 fully saturated rings. The van der Waals surface area contributed by atoms with E-state index in [1.54, 1.807) is 0 Å². The molecule has 0 aliphatic heterocycles. The van der Waals surface area contributed by atoms with Gasteiger partial charge in [-0.15, -0.1) is 0 Å². The van der Waals surface area contributed by atoms with Crippen LogP contribution in [0, 0.1) is 0 Å². The molecule has 2 heterocycles. The number of benzene rings is 8. The highest BCUT2D eigenvalue weighted by molar-refractivity contribution is 6.10. The van der Waals surface area contributed by atoms with Gasteiger partial charge in [0.15, 0.2) is 17.5 Å². The quantitative estimate of drug-likeness (QED) is 0.166. The number of nitrogens with zero attached hydrogens (tertiary/aromatic N) is 4. The minimum absolute atomic E-state index is 0.0655. The minimum Gasteiger partial charge on any atom is -0.309 e. The lowest BCUT2D eigenvalue weighted by Gasteiger charge is -2.12. The second-order valence-electron chi connectivity index (χ2n) is 13.4. The Balaban J connectivity index is 1.09. The Hall–Kier alpha value is -7.43. The number of hydrogen-bond donors (Lipinski definition) is 0. The lowest BCUT2D eigenvalue weighted by molar-refractivity contribution is 1.07. The molecule has 0 atom stereocenters. The summed E-state index contributed by atoms with van der Waals surface area (Å²) in [6.45, 7) is 0. The van der Waals surface area contributed by atoms with Gasteiger partial charge in [0.05, 0.1) is 16.5 Å². The Morgan fingerprint density at radius 2 is 0.709 bits per heavy atom. The first-order chi connectivity index (χ1) is 28.9. The largest absolute Gasteiger partial charge is 0.309 e. The van der Waals surface area contributed by atoms with E-state index in [0.717, 1.165) is 66.7 Å². The van der Waals surface area contributed by atoms with Crippen LogP contribution in [0.15, 0.2) is 206 Å². The van der Waals surface area contributed by atoms with Crippen molar-refractivity contribution < 1.29 is 5.48 Å². The summed E-state index contributed by atoms with van der Waals surface area (Å²) >= 11 is 0. The summed E-state index contributed by atoms with van der Waals surface area (Å²) in [6, 6.07) is 60.2. The van der Waals surface area contributed by atoms with Gasteiger partial charge in [-0.2, -0.15) is 0 Å². The lowest BCUT2D eigenvalue weighted by atomic mass is 9.99. The second-order valence-corrected chi connectivity index (χ2v) is 13.4. The van der Waals surface area contributed by atoms with Crippen LogP contribution in [0.25, 0.3) is 95.0 Å². The normalized spacial score (nSPS) is 12.3. The van der Waals surface area contributed by atoms with Gasteiger partial charge < -0.3 is 4.57 Å². The number of aromatic nitrogens is 4. The van der Waals surface area contributed by atoms with Crippen LogP contribution >= 0.6 is 0 Å². The van der Waals surface area contributed by atoms with Crippen LogP contribution < -0.4 is 0 Å². The molecule has 0 spiro atoms. The molecule has 10 rings (SSSR count). The third-order valence-corrected chi connectivity index (χ3v) is 10.0. The fourth-order valence-electron chi connectivity index (χ4n) is 7.20. The van der Waals surface area contributed by atoms with Gasteiger partial charge in [0.1, 0.15) is 0 Å². The Kier molecular flexibility index (Phi) is 7.08. The third-order valence-electron chi connectivity index (χ3n) is 10.0. The molecule has 0 amide bonds. The van der Waals surface area contributed by atoms with E-state index in [1.807, 2.05) is 120 Å². The molecule has 0 bridgehead atoms. The van der Waals surface area contributed by atoms with Crippen LogP contribution in [-0.4, -0.2) is 19.5 Å². The van der Waals surface area contributed by atoms with Crippen LogP contribution in [0.3, 0.4) is 0 Å². The van der Waals surface area contributed by atoms with E-state index in [-0.39, 0.29) is 24.2 Å². The van der Waals surface area contributed by atoms with Crippen LogP contribution in [0.1, 0.15) is 5.48 Å². The fourth-order valence-corrected chi connectivity index (χ4v) is 7.20. The fraction of sp³-hybridized carbons (Fsp3) is 0. The maximum absolute atomic E-state index is 9.08. The van der Waals surface area contributed by atoms with E-state index in [0.29, 0.717) is 28.4 Å². The van der Waals surface area contributed by atoms with Crippen molar-refractivity contribution in [3.63, 3.8) is 0 Å². The number of rotatable bonds is 7. The number of para-hydroxylation sites is 1. The summed E-state index contributed by atoms with van der Waals surface area (Å²) < 4.78 is 37.1. The maximum Gasteiger partial charge on any atom is 0.164 e. The summed E-state index contributed by atoms with van der Waals surface area (Å²) in [5.41, 5.74) is 10.9. The Morgan fingerprint density at radius 3 is 1.24 bits per heavy atom. The Morgan fingerprint density at radius 1 is 0.327 bits per heavy atom. The molecule has 10 aromatic rings. The topological polar surface area (TPSA) is 43.6 Å². The number of hydrogen-bond acceptors (Lipinski definition) is 3. The smallest absolute Gasteiger partial charge is 0.164 e. The molecule has 0 radical (unpaired) electrons. The van der Waals surface area contributed by atoms with Crippen LogP contribution in [0.2, 0.25) is 0 Å². The monoisotopic (exact) mass is 706 g/mol. The molecule has 0 aliphatic carbocycles. The second kappa shape index (κ2) is 13.8. The Bertz CT molecular complexity index is 3150. The molecule has 2 aromatic heterocycles. The molecule has 0 aliphatic rings. The van der Waals surface area contributed by atoms with Gasteiger partial charge in [-0.05, 0) is 69.8 Å². The minimum atomic E-state index is -0.275. The first kappa shape index (κ1) is 28.1. The van der Waals surface area contributed by atoms with Gasteiger partial charge in [0.25, 0.3) is 0 Å². The molecular weight excluding hydrogens is 669 g/mol. The highest BCUT2D eigenvalue weighted by Crippen LogP contribution is 2.36. The Labute approximate surface area is 325 Å². The van der Waals surface area contributed by atoms with E-state index < -0.39 is 0 Å². The molecule has 0 saturated heterocycles. The van der Waals surface area contributed by atoms with Crippen molar-refractivity contribution in [2.45, 2.75) is 0 Å². The number of fused-ring (bicyclic) bond motifs is 3. The van der Waals surface area contributed by atoms with E-state index >= 15 is 0 Å². The molecule has 8 aromatic carbocycles. The van der Waals surface area contributed by atoms with Gasteiger partial charge in [-0.3, -0.25) is 0 Å². The molecule has 258 valence electrons. The van der Waals surface area contributed by atoms with Gasteiger partial charge in [-0.1, -0.05) is 170 Å². The van der Waals surface area contributed by atoms with Gasteiger partial charge >= 0.3 is 0 Å². The van der Waals surface area contributed by atoms with Crippen LogP contribution in [0.4, 0.5) is 0 Å². The van der Waals surface area contributed by atoms with Crippen molar-refractivity contribution in [2.75, 3.05) is 0 Å². The summed E-state index contributed by atoms with van der Waals surface area (Å²) in [7, 11) is 0. The van der Waals surface area contributed by atoms with Gasteiger partial charge in [0.2, 0.25) is 0 Å². The van der Waals surface area contributed by atoms with Gasteiger partial charge in [0, 0.05) is 33.2 Å². The summed E-state index contributed by atoms with van der Waals surface area (Å²) in [6.07, 6.45) is 0. The average Bonchev–Trinajstić information content (AvgIpc) is 3.66. The first-order valence-electron chi connectivity index (χ1n) is 20.2. The van der Waals surface area contributed by atoms with Crippen molar-refractivity contribution >= 4 is 21.8 Å². The van der Waals surface area contributed by atoms with Crippen molar-refractivity contribution in [1.82, 2.24) is 19.5 Å². The third kappa shape index (κ3) is 6.16. The standard InChI is InChI=1S/C51H34N4/c1-4-12-35(13-5-1)37-20-22-39(23-21-37)43-30-33-46-45-18-10-11-19-47(45)55(48(46)34-43)44-31-28-42(29-32-44)51-53-49(40-16-8-3-9-17-40)52-50(54-51)41-26-24-38(25-27-41)36-14-6-2-7-15-36/h1-34H/i10D,11D,18D,19D. The SMILES string of the molecule is [2H]c1c([2H])c([2H])c2c(c1[2H])c1ccc(-c3ccc(-c4ccccc4)cc3)cc1n2-c1ccc(-c2nc(-c3ccccc3)nc(-c3ccc(-c4ccccc4)cc3)n2)cc1. The molecule has 0 unspecified atom stereocenters. The average molecular weight is 707 g/mol. The van der Waals surface area contributed by atoms with Crippen LogP contribution in [0.5, 0.6) is 0 Å². The molecular formula is C51H34N4. The predicted octanol–water partition coefficient (Wildman–Crippen LogP) is 13.0. The van der Waals surface area contributed by atoms with Crippen LogP contribution in [-0.2, 0) is 0 Å². The van der Waals surface area contributed by atoms with Crippen molar-refractivity contribution in [3.8, 4) is 73.2 Å². The highest BCUT2D eigenvalue weighted by Gasteiger charge is 2.16. The van der Waals surface area contributed by atoms with Crippen molar-refractivity contribution in [1.29, 1.82) is 0 Å². The van der Waals surface area contributed by atoms with E-state index in [1.165, 1.54) is 0 Å². The maximum atomic E-state index is 9.08. The zero-order valence-electron chi connectivity index (χ0n) is 33.6. The molecule has 0 N–H and O–H groups in total. The highest BCUT2D eigenvalue weighted by atomic mass is 15.0. The van der Waals surface area contributed by atoms with E-state index in [2.05, 4.69) is 66.7 Å². The van der Waals surface area contributed by atoms with E-state index in [4.69, 9.17) is 20.4 Å². The molecule has 4 nitrogen and oxygen atoms in total. The summed E-state index contributed by atoms with van der Waals surface area (Å²) in [5.74, 6) is 1.63. The van der Waals surface area contributed by atoms with Crippen molar-refractivity contribution in [2.24, 2.45) is 0 Å². The predicted molar refractivity (Wildman–Crippen MR) is 227 cm³/mol.